The molecule has 1 amide bonds. The summed E-state index contributed by atoms with van der Waals surface area (Å²) in [6.07, 6.45) is 3.65. The van der Waals surface area contributed by atoms with Crippen LogP contribution in [0.25, 0.3) is 0 Å². The number of anilines is 1. The number of unbranched alkanes of at least 4 members (excludes halogenated alkanes) is 1. The summed E-state index contributed by atoms with van der Waals surface area (Å²) in [5, 5.41) is 11.3. The number of amides is 1. The van der Waals surface area contributed by atoms with Gasteiger partial charge in [0, 0.05) is 18.2 Å². The van der Waals surface area contributed by atoms with Gasteiger partial charge in [-0.05, 0) is 42.7 Å². The molecule has 146 valence electrons. The van der Waals surface area contributed by atoms with E-state index in [-0.39, 0.29) is 12.5 Å². The Morgan fingerprint density at radius 1 is 1.21 bits per heavy atom. The van der Waals surface area contributed by atoms with Crippen LogP contribution in [0, 0.1) is 11.3 Å². The van der Waals surface area contributed by atoms with Gasteiger partial charge in [-0.15, -0.1) is 6.58 Å². The summed E-state index contributed by atoms with van der Waals surface area (Å²) in [4.78, 5) is 12.2. The molecule has 0 saturated carbocycles. The zero-order valence-corrected chi connectivity index (χ0v) is 15.9. The van der Waals surface area contributed by atoms with Gasteiger partial charge in [0.15, 0.2) is 18.1 Å². The van der Waals surface area contributed by atoms with Crippen LogP contribution in [-0.2, 0) is 11.2 Å². The zero-order valence-electron chi connectivity index (χ0n) is 15.9. The quantitative estimate of drug-likeness (QED) is 0.468. The minimum absolute atomic E-state index is 0.148. The van der Waals surface area contributed by atoms with Crippen molar-refractivity contribution >= 4 is 11.6 Å². The molecular weight excluding hydrogens is 356 g/mol. The molecule has 0 aliphatic rings. The van der Waals surface area contributed by atoms with Crippen molar-refractivity contribution < 1.29 is 19.0 Å². The van der Waals surface area contributed by atoms with Crippen LogP contribution in [0.3, 0.4) is 0 Å². The SMILES string of the molecule is C=CCc1ccc(OCC(=O)Nc2cccc(OCCCC#N)c2)c(OC)c1. The van der Waals surface area contributed by atoms with Gasteiger partial charge in [-0.1, -0.05) is 18.2 Å². The van der Waals surface area contributed by atoms with Crippen LogP contribution >= 0.6 is 0 Å². The molecular formula is C22H24N2O4. The third-order valence-electron chi connectivity index (χ3n) is 3.79. The van der Waals surface area contributed by atoms with Gasteiger partial charge >= 0.3 is 0 Å². The number of allylic oxidation sites excluding steroid dienone is 1. The number of benzene rings is 2. The molecule has 0 heterocycles. The summed E-state index contributed by atoms with van der Waals surface area (Å²) in [5.41, 5.74) is 1.66. The number of carbonyl (C=O) groups is 1. The highest BCUT2D eigenvalue weighted by molar-refractivity contribution is 5.92. The van der Waals surface area contributed by atoms with E-state index in [4.69, 9.17) is 19.5 Å². The van der Waals surface area contributed by atoms with Crippen LogP contribution in [0.2, 0.25) is 0 Å². The van der Waals surface area contributed by atoms with Crippen LogP contribution in [-0.4, -0.2) is 26.2 Å². The summed E-state index contributed by atoms with van der Waals surface area (Å²) in [7, 11) is 1.56. The molecule has 6 heteroatoms. The van der Waals surface area contributed by atoms with E-state index in [2.05, 4.69) is 18.0 Å². The molecule has 0 unspecified atom stereocenters. The van der Waals surface area contributed by atoms with Crippen molar-refractivity contribution in [1.29, 1.82) is 5.26 Å². The number of ether oxygens (including phenoxy) is 3. The number of methoxy groups -OCH3 is 1. The monoisotopic (exact) mass is 380 g/mol. The van der Waals surface area contributed by atoms with Gasteiger partial charge in [-0.25, -0.2) is 0 Å². The maximum Gasteiger partial charge on any atom is 0.262 e. The van der Waals surface area contributed by atoms with E-state index in [9.17, 15) is 4.79 Å². The Bertz CT molecular complexity index is 843. The number of hydrogen-bond donors (Lipinski definition) is 1. The lowest BCUT2D eigenvalue weighted by Crippen LogP contribution is -2.20. The first kappa shape index (κ1) is 20.8. The minimum Gasteiger partial charge on any atom is -0.493 e. The van der Waals surface area contributed by atoms with Crippen molar-refractivity contribution in [3.8, 4) is 23.3 Å². The minimum atomic E-state index is -0.293. The smallest absolute Gasteiger partial charge is 0.262 e. The second kappa shape index (κ2) is 11.3. The van der Waals surface area contributed by atoms with Gasteiger partial charge in [0.1, 0.15) is 5.75 Å². The van der Waals surface area contributed by atoms with Crippen molar-refractivity contribution in [2.24, 2.45) is 0 Å². The number of hydrogen-bond acceptors (Lipinski definition) is 5. The second-order valence-electron chi connectivity index (χ2n) is 5.95. The lowest BCUT2D eigenvalue weighted by molar-refractivity contribution is -0.118. The van der Waals surface area contributed by atoms with Crippen LogP contribution in [0.15, 0.2) is 55.1 Å². The van der Waals surface area contributed by atoms with Crippen molar-refractivity contribution in [3.63, 3.8) is 0 Å². The Morgan fingerprint density at radius 2 is 2.07 bits per heavy atom. The van der Waals surface area contributed by atoms with Crippen molar-refractivity contribution in [1.82, 2.24) is 0 Å². The highest BCUT2D eigenvalue weighted by atomic mass is 16.5. The first-order valence-electron chi connectivity index (χ1n) is 8.96. The predicted octanol–water partition coefficient (Wildman–Crippen LogP) is 4.12. The molecule has 0 fully saturated rings. The maximum absolute atomic E-state index is 12.2. The Hall–Kier alpha value is -3.46. The zero-order chi connectivity index (χ0) is 20.2. The van der Waals surface area contributed by atoms with Crippen molar-refractivity contribution in [3.05, 3.63) is 60.7 Å². The fraction of sp³-hybridized carbons (Fsp3) is 0.273. The molecule has 0 aromatic heterocycles. The first-order valence-corrected chi connectivity index (χ1v) is 8.96. The van der Waals surface area contributed by atoms with E-state index >= 15 is 0 Å². The molecule has 0 aliphatic heterocycles. The molecule has 0 atom stereocenters. The molecule has 0 bridgehead atoms. The van der Waals surface area contributed by atoms with E-state index < -0.39 is 0 Å². The number of nitrogens with one attached hydrogen (secondary N) is 1. The van der Waals surface area contributed by atoms with Gasteiger partial charge in [0.2, 0.25) is 0 Å². The molecule has 2 aromatic carbocycles. The third kappa shape index (κ3) is 6.69. The molecule has 1 N–H and O–H groups in total. The normalized spacial score (nSPS) is 9.86. The molecule has 0 saturated heterocycles. The highest BCUT2D eigenvalue weighted by Crippen LogP contribution is 2.28. The number of nitrogens with zero attached hydrogens (tertiary/aromatic N) is 1. The molecule has 0 radical (unpaired) electrons. The Kier molecular flexibility index (Phi) is 8.41. The summed E-state index contributed by atoms with van der Waals surface area (Å²) in [6.45, 7) is 4.02. The fourth-order valence-corrected chi connectivity index (χ4v) is 2.47. The van der Waals surface area contributed by atoms with Crippen LogP contribution in [0.4, 0.5) is 5.69 Å². The van der Waals surface area contributed by atoms with E-state index in [1.165, 1.54) is 0 Å². The molecule has 6 nitrogen and oxygen atoms in total. The van der Waals surface area contributed by atoms with Crippen LogP contribution in [0.1, 0.15) is 18.4 Å². The van der Waals surface area contributed by atoms with Gasteiger partial charge in [0.25, 0.3) is 5.91 Å². The molecule has 2 rings (SSSR count). The number of nitriles is 1. The maximum atomic E-state index is 12.2. The third-order valence-corrected chi connectivity index (χ3v) is 3.79. The Morgan fingerprint density at radius 3 is 2.82 bits per heavy atom. The van der Waals surface area contributed by atoms with Crippen LogP contribution in [0.5, 0.6) is 17.2 Å². The van der Waals surface area contributed by atoms with Gasteiger partial charge < -0.3 is 19.5 Å². The van der Waals surface area contributed by atoms with Crippen molar-refractivity contribution in [2.45, 2.75) is 19.3 Å². The summed E-state index contributed by atoms with van der Waals surface area (Å²) in [5.74, 6) is 1.41. The topological polar surface area (TPSA) is 80.6 Å². The number of carbonyl (C=O) groups excluding carboxylic acids is 1. The number of rotatable bonds is 11. The van der Waals surface area contributed by atoms with Gasteiger partial charge in [-0.3, -0.25) is 4.79 Å². The summed E-state index contributed by atoms with van der Waals surface area (Å²) in [6, 6.07) is 14.7. The van der Waals surface area contributed by atoms with E-state index in [1.807, 2.05) is 18.2 Å². The molecule has 28 heavy (non-hydrogen) atoms. The Labute approximate surface area is 165 Å². The second-order valence-corrected chi connectivity index (χ2v) is 5.95. The van der Waals surface area contributed by atoms with Gasteiger partial charge in [0.05, 0.1) is 19.8 Å². The summed E-state index contributed by atoms with van der Waals surface area (Å²) >= 11 is 0. The lowest BCUT2D eigenvalue weighted by atomic mass is 10.1. The molecule has 0 spiro atoms. The average Bonchev–Trinajstić information content (AvgIpc) is 2.70. The van der Waals surface area contributed by atoms with E-state index in [1.54, 1.807) is 37.4 Å². The largest absolute Gasteiger partial charge is 0.493 e. The highest BCUT2D eigenvalue weighted by Gasteiger charge is 2.09. The first-order chi connectivity index (χ1) is 13.7. The van der Waals surface area contributed by atoms with E-state index in [0.29, 0.717) is 42.4 Å². The predicted molar refractivity (Wildman–Crippen MR) is 108 cm³/mol. The molecule has 2 aromatic rings. The van der Waals surface area contributed by atoms with Gasteiger partial charge in [-0.2, -0.15) is 5.26 Å². The standard InChI is InChI=1S/C22H24N2O4/c1-3-7-17-10-11-20(21(14-17)26-2)28-16-22(25)24-18-8-6-9-19(15-18)27-13-5-4-12-23/h3,6,8-11,14-15H,1,4-5,7,13,16H2,2H3,(H,24,25). The van der Waals surface area contributed by atoms with E-state index in [0.717, 1.165) is 12.0 Å². The average molecular weight is 380 g/mol. The lowest BCUT2D eigenvalue weighted by Gasteiger charge is -2.12. The fourth-order valence-electron chi connectivity index (χ4n) is 2.47. The molecule has 0 aliphatic carbocycles. The van der Waals surface area contributed by atoms with Crippen LogP contribution < -0.4 is 19.5 Å². The summed E-state index contributed by atoms with van der Waals surface area (Å²) < 4.78 is 16.5. The Balaban J connectivity index is 1.89. The van der Waals surface area contributed by atoms with Crippen molar-refractivity contribution in [2.75, 3.05) is 25.6 Å².